The number of H-pyrrole nitrogens is 1. The van der Waals surface area contributed by atoms with Crippen LogP contribution in [-0.4, -0.2) is 17.1 Å². The number of aromatic nitrogens is 1. The van der Waals surface area contributed by atoms with Gasteiger partial charge in [0.05, 0.1) is 16.6 Å². The molecule has 4 nitrogen and oxygen atoms in total. The van der Waals surface area contributed by atoms with Gasteiger partial charge in [-0.1, -0.05) is 30.3 Å². The molecule has 0 radical (unpaired) electrons. The zero-order valence-corrected chi connectivity index (χ0v) is 17.7. The monoisotopic (exact) mass is 420 g/mol. The van der Waals surface area contributed by atoms with Crippen LogP contribution in [0.15, 0.2) is 70.4 Å². The van der Waals surface area contributed by atoms with Crippen molar-refractivity contribution in [2.24, 2.45) is 0 Å². The van der Waals surface area contributed by atoms with Gasteiger partial charge >= 0.3 is 0 Å². The molecule has 0 saturated carbocycles. The third-order valence-electron chi connectivity index (χ3n) is 5.24. The molecule has 1 amide bonds. The lowest BCUT2D eigenvalue weighted by Gasteiger charge is -2.29. The number of para-hydroxylation sites is 1. The Morgan fingerprint density at radius 3 is 2.47 bits per heavy atom. The molecule has 0 spiro atoms. The highest BCUT2D eigenvalue weighted by atomic mass is 32.2. The van der Waals surface area contributed by atoms with Crippen LogP contribution in [0.2, 0.25) is 0 Å². The van der Waals surface area contributed by atoms with Gasteiger partial charge in [-0.3, -0.25) is 9.59 Å². The number of rotatable bonds is 4. The summed E-state index contributed by atoms with van der Waals surface area (Å²) in [6.07, 6.45) is 1.97. The number of hydrogen-bond acceptors (Lipinski definition) is 3. The summed E-state index contributed by atoms with van der Waals surface area (Å²) in [6.45, 7) is 3.77. The molecule has 0 bridgehead atoms. The Labute approximate surface area is 177 Å². The quantitative estimate of drug-likeness (QED) is 0.352. The summed E-state index contributed by atoms with van der Waals surface area (Å²) in [4.78, 5) is 29.9. The number of carbonyl (C=O) groups excluding carboxylic acids is 1. The number of aromatic amines is 1. The molecular formula is C24H21FN2O2S. The van der Waals surface area contributed by atoms with Gasteiger partial charge in [0.2, 0.25) is 0 Å². The van der Waals surface area contributed by atoms with Crippen LogP contribution in [0.3, 0.4) is 0 Å². The molecule has 3 aromatic carbocycles. The SMILES string of the molecule is CSc1ccccc1C(C)(C)NC(=O)c1cc2[nH]c3ccccc3c(=O)c2cc1F. The molecule has 0 aliphatic heterocycles. The second kappa shape index (κ2) is 7.61. The highest BCUT2D eigenvalue weighted by molar-refractivity contribution is 7.98. The summed E-state index contributed by atoms with van der Waals surface area (Å²) >= 11 is 1.59. The average molecular weight is 421 g/mol. The summed E-state index contributed by atoms with van der Waals surface area (Å²) in [5.74, 6) is -1.26. The minimum absolute atomic E-state index is 0.108. The molecule has 1 heterocycles. The number of thioether (sulfide) groups is 1. The number of amides is 1. The van der Waals surface area contributed by atoms with E-state index in [0.29, 0.717) is 16.4 Å². The van der Waals surface area contributed by atoms with Crippen molar-refractivity contribution in [2.75, 3.05) is 6.26 Å². The van der Waals surface area contributed by atoms with Crippen molar-refractivity contribution in [3.8, 4) is 0 Å². The molecule has 4 rings (SSSR count). The van der Waals surface area contributed by atoms with Crippen LogP contribution in [0.25, 0.3) is 21.8 Å². The average Bonchev–Trinajstić information content (AvgIpc) is 2.73. The van der Waals surface area contributed by atoms with Crippen molar-refractivity contribution >= 4 is 39.5 Å². The first-order valence-electron chi connectivity index (χ1n) is 9.52. The van der Waals surface area contributed by atoms with E-state index in [1.165, 1.54) is 6.07 Å². The van der Waals surface area contributed by atoms with Crippen LogP contribution in [0, 0.1) is 5.82 Å². The first kappa shape index (κ1) is 20.2. The first-order chi connectivity index (χ1) is 14.3. The third-order valence-corrected chi connectivity index (χ3v) is 6.04. The Hall–Kier alpha value is -3.12. The fourth-order valence-electron chi connectivity index (χ4n) is 3.70. The van der Waals surface area contributed by atoms with Gasteiger partial charge in [0.1, 0.15) is 5.82 Å². The van der Waals surface area contributed by atoms with Gasteiger partial charge in [-0.15, -0.1) is 11.8 Å². The summed E-state index contributed by atoms with van der Waals surface area (Å²) in [7, 11) is 0. The molecule has 4 aromatic rings. The second-order valence-corrected chi connectivity index (χ2v) is 8.50. The number of benzene rings is 3. The number of carbonyl (C=O) groups is 1. The van der Waals surface area contributed by atoms with Crippen molar-refractivity contribution in [1.29, 1.82) is 0 Å². The Balaban J connectivity index is 1.77. The van der Waals surface area contributed by atoms with Crippen LogP contribution < -0.4 is 10.7 Å². The molecule has 0 aliphatic rings. The van der Waals surface area contributed by atoms with Crippen molar-refractivity contribution < 1.29 is 9.18 Å². The molecule has 30 heavy (non-hydrogen) atoms. The van der Waals surface area contributed by atoms with Crippen molar-refractivity contribution in [2.45, 2.75) is 24.3 Å². The molecule has 0 fully saturated rings. The molecule has 2 N–H and O–H groups in total. The van der Waals surface area contributed by atoms with E-state index in [1.807, 2.05) is 50.4 Å². The van der Waals surface area contributed by atoms with Gasteiger partial charge in [0, 0.05) is 21.2 Å². The smallest absolute Gasteiger partial charge is 0.255 e. The van der Waals surface area contributed by atoms with E-state index in [1.54, 1.807) is 30.0 Å². The fourth-order valence-corrected chi connectivity index (χ4v) is 4.46. The van der Waals surface area contributed by atoms with Crippen molar-refractivity contribution in [1.82, 2.24) is 10.3 Å². The van der Waals surface area contributed by atoms with Crippen LogP contribution in [-0.2, 0) is 5.54 Å². The maximum Gasteiger partial charge on any atom is 0.255 e. The Bertz CT molecular complexity index is 1340. The van der Waals surface area contributed by atoms with Crippen LogP contribution >= 0.6 is 11.8 Å². The summed E-state index contributed by atoms with van der Waals surface area (Å²) in [5.41, 5.74) is 0.929. The molecule has 152 valence electrons. The van der Waals surface area contributed by atoms with Gasteiger partial charge in [0.25, 0.3) is 5.91 Å². The van der Waals surface area contributed by atoms with Gasteiger partial charge in [0.15, 0.2) is 5.43 Å². The van der Waals surface area contributed by atoms with E-state index < -0.39 is 17.3 Å². The maximum absolute atomic E-state index is 14.9. The number of fused-ring (bicyclic) bond motifs is 2. The second-order valence-electron chi connectivity index (χ2n) is 7.66. The lowest BCUT2D eigenvalue weighted by Crippen LogP contribution is -2.41. The van der Waals surface area contributed by atoms with Gasteiger partial charge in [-0.25, -0.2) is 4.39 Å². The molecular weight excluding hydrogens is 399 g/mol. The third kappa shape index (κ3) is 3.48. The van der Waals surface area contributed by atoms with E-state index in [4.69, 9.17) is 0 Å². The molecule has 0 aliphatic carbocycles. The molecule has 0 atom stereocenters. The lowest BCUT2D eigenvalue weighted by molar-refractivity contribution is 0.0907. The van der Waals surface area contributed by atoms with Gasteiger partial charge in [-0.2, -0.15) is 0 Å². The standard InChI is InChI=1S/C24H21FN2O2S/c1-24(2,17-9-5-7-11-21(17)30-3)27-23(29)15-13-20-16(12-18(15)25)22(28)14-8-4-6-10-19(14)26-20/h4-13H,1-3H3,(H,26,28)(H,27,29). The predicted molar refractivity (Wildman–Crippen MR) is 121 cm³/mol. The molecule has 0 unspecified atom stereocenters. The topological polar surface area (TPSA) is 62.0 Å². The number of hydrogen-bond donors (Lipinski definition) is 2. The van der Waals surface area contributed by atoms with E-state index in [-0.39, 0.29) is 16.4 Å². The van der Waals surface area contributed by atoms with E-state index in [9.17, 15) is 14.0 Å². The van der Waals surface area contributed by atoms with Crippen LogP contribution in [0.1, 0.15) is 29.8 Å². The normalized spacial score (nSPS) is 11.7. The van der Waals surface area contributed by atoms with E-state index in [2.05, 4.69) is 10.3 Å². The Kier molecular flexibility index (Phi) is 5.12. The Morgan fingerprint density at radius 1 is 1.00 bits per heavy atom. The highest BCUT2D eigenvalue weighted by Crippen LogP contribution is 2.30. The summed E-state index contributed by atoms with van der Waals surface area (Å²) < 4.78 is 14.9. The largest absolute Gasteiger partial charge is 0.354 e. The molecule has 1 aromatic heterocycles. The lowest BCUT2D eigenvalue weighted by atomic mass is 9.93. The zero-order valence-electron chi connectivity index (χ0n) is 16.9. The fraction of sp³-hybridized carbons (Fsp3) is 0.167. The zero-order chi connectivity index (χ0) is 21.5. The van der Waals surface area contributed by atoms with Gasteiger partial charge in [-0.05, 0) is 56.0 Å². The number of pyridine rings is 1. The minimum atomic E-state index is -0.727. The highest BCUT2D eigenvalue weighted by Gasteiger charge is 2.27. The summed E-state index contributed by atoms with van der Waals surface area (Å²) in [6, 6.07) is 17.4. The minimum Gasteiger partial charge on any atom is -0.354 e. The first-order valence-corrected chi connectivity index (χ1v) is 10.7. The van der Waals surface area contributed by atoms with Crippen LogP contribution in [0.5, 0.6) is 0 Å². The van der Waals surface area contributed by atoms with Crippen molar-refractivity contribution in [3.05, 3.63) is 87.8 Å². The molecule has 6 heteroatoms. The van der Waals surface area contributed by atoms with Crippen molar-refractivity contribution in [3.63, 3.8) is 0 Å². The van der Waals surface area contributed by atoms with E-state index in [0.717, 1.165) is 16.5 Å². The summed E-state index contributed by atoms with van der Waals surface area (Å²) in [5, 5.41) is 3.64. The number of halogens is 1. The number of nitrogens with one attached hydrogen (secondary N) is 2. The van der Waals surface area contributed by atoms with Gasteiger partial charge < -0.3 is 10.3 Å². The van der Waals surface area contributed by atoms with E-state index >= 15 is 0 Å². The van der Waals surface area contributed by atoms with Crippen LogP contribution in [0.4, 0.5) is 4.39 Å². The maximum atomic E-state index is 14.9. The predicted octanol–water partition coefficient (Wildman–Crippen LogP) is 5.21. The molecule has 0 saturated heterocycles. The Morgan fingerprint density at radius 2 is 1.70 bits per heavy atom.